The van der Waals surface area contributed by atoms with E-state index in [-0.39, 0.29) is 24.2 Å². The van der Waals surface area contributed by atoms with Crippen LogP contribution in [-0.2, 0) is 19.0 Å². The summed E-state index contributed by atoms with van der Waals surface area (Å²) >= 11 is 0. The first-order chi connectivity index (χ1) is 8.50. The van der Waals surface area contributed by atoms with Crippen LogP contribution < -0.4 is 0 Å². The van der Waals surface area contributed by atoms with Crippen LogP contribution in [0, 0.1) is 5.41 Å². The number of ether oxygens (including phenoxy) is 1. The highest BCUT2D eigenvalue weighted by atomic mass is 32.2. The van der Waals surface area contributed by atoms with Gasteiger partial charge in [0.2, 0.25) is 0 Å². The van der Waals surface area contributed by atoms with E-state index in [4.69, 9.17) is 8.92 Å². The lowest BCUT2D eigenvalue weighted by molar-refractivity contribution is 0.0240. The standard InChI is InChI=1S/C12H21NO5S/c1-11(2,3)18-10(14)13-7-12(5-9(13)6-12)8-17-19(4,15)16/h9H,5-8H2,1-4H3. The van der Waals surface area contributed by atoms with Crippen LogP contribution in [0.1, 0.15) is 33.6 Å². The molecular weight excluding hydrogens is 270 g/mol. The van der Waals surface area contributed by atoms with E-state index in [0.29, 0.717) is 6.54 Å². The molecule has 1 amide bonds. The fourth-order valence-corrected chi connectivity index (χ4v) is 3.17. The van der Waals surface area contributed by atoms with Gasteiger partial charge in [-0.2, -0.15) is 8.42 Å². The first kappa shape index (κ1) is 14.6. The van der Waals surface area contributed by atoms with Crippen LogP contribution >= 0.6 is 0 Å². The second kappa shape index (κ2) is 4.34. The molecule has 0 spiro atoms. The lowest BCUT2D eigenvalue weighted by atomic mass is 9.71. The van der Waals surface area contributed by atoms with Crippen molar-refractivity contribution >= 4 is 16.2 Å². The molecule has 0 aromatic carbocycles. The molecule has 0 aromatic rings. The van der Waals surface area contributed by atoms with E-state index in [2.05, 4.69) is 0 Å². The van der Waals surface area contributed by atoms with Gasteiger partial charge in [-0.3, -0.25) is 4.18 Å². The minimum Gasteiger partial charge on any atom is -0.444 e. The van der Waals surface area contributed by atoms with Crippen LogP contribution in [0.3, 0.4) is 0 Å². The van der Waals surface area contributed by atoms with Gasteiger partial charge in [0, 0.05) is 18.0 Å². The van der Waals surface area contributed by atoms with Crippen molar-refractivity contribution in [2.45, 2.75) is 45.3 Å². The predicted octanol–water partition coefficient (Wildman–Crippen LogP) is 1.36. The highest BCUT2D eigenvalue weighted by Gasteiger charge is 2.57. The number of nitrogens with zero attached hydrogens (tertiary/aromatic N) is 1. The highest BCUT2D eigenvalue weighted by molar-refractivity contribution is 7.85. The molecule has 3 aliphatic rings. The fraction of sp³-hybridized carbons (Fsp3) is 0.917. The van der Waals surface area contributed by atoms with E-state index in [0.717, 1.165) is 19.1 Å². The maximum atomic E-state index is 12.0. The molecule has 0 N–H and O–H groups in total. The molecule has 3 fully saturated rings. The average molecular weight is 291 g/mol. The van der Waals surface area contributed by atoms with E-state index in [9.17, 15) is 13.2 Å². The number of amides is 1. The largest absolute Gasteiger partial charge is 0.444 e. The number of hydrogen-bond acceptors (Lipinski definition) is 5. The maximum Gasteiger partial charge on any atom is 0.410 e. The lowest BCUT2D eigenvalue weighted by Crippen LogP contribution is -2.40. The number of rotatable bonds is 3. The Hall–Kier alpha value is -0.820. The summed E-state index contributed by atoms with van der Waals surface area (Å²) in [7, 11) is -3.43. The zero-order chi connectivity index (χ0) is 14.5. The van der Waals surface area contributed by atoms with Gasteiger partial charge < -0.3 is 9.64 Å². The highest BCUT2D eigenvalue weighted by Crippen LogP contribution is 2.52. The van der Waals surface area contributed by atoms with Crippen LogP contribution in [0.5, 0.6) is 0 Å². The molecule has 2 saturated heterocycles. The summed E-state index contributed by atoms with van der Waals surface area (Å²) in [5, 5.41) is 0. The van der Waals surface area contributed by atoms with Gasteiger partial charge in [0.25, 0.3) is 10.1 Å². The van der Waals surface area contributed by atoms with E-state index < -0.39 is 15.7 Å². The zero-order valence-electron chi connectivity index (χ0n) is 11.8. The SMILES string of the molecule is CC(C)(C)OC(=O)N1CC2(COS(C)(=O)=O)CC1C2. The molecule has 6 nitrogen and oxygen atoms in total. The topological polar surface area (TPSA) is 72.9 Å². The molecule has 110 valence electrons. The van der Waals surface area contributed by atoms with Crippen molar-refractivity contribution in [2.24, 2.45) is 5.41 Å². The third-order valence-corrected chi connectivity index (χ3v) is 4.04. The van der Waals surface area contributed by atoms with Crippen molar-refractivity contribution in [3.8, 4) is 0 Å². The Morgan fingerprint density at radius 3 is 2.42 bits per heavy atom. The summed E-state index contributed by atoms with van der Waals surface area (Å²) in [4.78, 5) is 13.7. The molecule has 7 heteroatoms. The molecule has 2 aliphatic heterocycles. The molecule has 3 rings (SSSR count). The molecule has 19 heavy (non-hydrogen) atoms. The van der Waals surface area contributed by atoms with Crippen LogP contribution in [0.15, 0.2) is 0 Å². The van der Waals surface area contributed by atoms with Gasteiger partial charge in [-0.1, -0.05) is 0 Å². The van der Waals surface area contributed by atoms with E-state index in [1.807, 2.05) is 20.8 Å². The molecule has 2 heterocycles. The molecule has 2 bridgehead atoms. The van der Waals surface area contributed by atoms with Crippen LogP contribution in [0.4, 0.5) is 4.79 Å². The van der Waals surface area contributed by atoms with Gasteiger partial charge >= 0.3 is 6.09 Å². The summed E-state index contributed by atoms with van der Waals surface area (Å²) in [6, 6.07) is 0.165. The monoisotopic (exact) mass is 291 g/mol. The van der Waals surface area contributed by atoms with Crippen molar-refractivity contribution in [1.82, 2.24) is 4.90 Å². The molecular formula is C12H21NO5S. The smallest absolute Gasteiger partial charge is 0.410 e. The Morgan fingerprint density at radius 1 is 1.37 bits per heavy atom. The van der Waals surface area contributed by atoms with Crippen molar-refractivity contribution in [1.29, 1.82) is 0 Å². The van der Waals surface area contributed by atoms with Crippen LogP contribution in [0.25, 0.3) is 0 Å². The van der Waals surface area contributed by atoms with Gasteiger partial charge in [-0.05, 0) is 33.6 Å². The van der Waals surface area contributed by atoms with Gasteiger partial charge in [0.15, 0.2) is 0 Å². The van der Waals surface area contributed by atoms with Gasteiger partial charge in [0.1, 0.15) is 5.60 Å². The summed E-state index contributed by atoms with van der Waals surface area (Å²) < 4.78 is 32.3. The second-order valence-electron chi connectivity index (χ2n) is 6.64. The van der Waals surface area contributed by atoms with Crippen molar-refractivity contribution < 1.29 is 22.1 Å². The van der Waals surface area contributed by atoms with E-state index >= 15 is 0 Å². The Labute approximate surface area is 114 Å². The van der Waals surface area contributed by atoms with Crippen LogP contribution in [-0.4, -0.2) is 50.5 Å². The molecule has 0 radical (unpaired) electrons. The average Bonchev–Trinajstić information content (AvgIpc) is 2.64. The van der Waals surface area contributed by atoms with Crippen molar-refractivity contribution in [3.05, 3.63) is 0 Å². The number of fused-ring (bicyclic) bond motifs is 1. The zero-order valence-corrected chi connectivity index (χ0v) is 12.6. The second-order valence-corrected chi connectivity index (χ2v) is 8.28. The Kier molecular flexibility index (Phi) is 3.33. The van der Waals surface area contributed by atoms with Gasteiger partial charge in [-0.25, -0.2) is 4.79 Å². The first-order valence-corrected chi connectivity index (χ1v) is 8.15. The Balaban J connectivity index is 1.91. The summed E-state index contributed by atoms with van der Waals surface area (Å²) in [5.41, 5.74) is -0.717. The van der Waals surface area contributed by atoms with Gasteiger partial charge in [-0.15, -0.1) is 0 Å². The molecule has 1 saturated carbocycles. The maximum absolute atomic E-state index is 12.0. The first-order valence-electron chi connectivity index (χ1n) is 6.34. The molecule has 1 aliphatic carbocycles. The fourth-order valence-electron chi connectivity index (χ4n) is 2.71. The Morgan fingerprint density at radius 2 is 1.95 bits per heavy atom. The normalized spacial score (nSPS) is 30.1. The van der Waals surface area contributed by atoms with E-state index in [1.165, 1.54) is 0 Å². The number of hydrogen-bond donors (Lipinski definition) is 0. The predicted molar refractivity (Wildman–Crippen MR) is 69.2 cm³/mol. The third kappa shape index (κ3) is 3.39. The number of carbonyl (C=O) groups is 1. The lowest BCUT2D eigenvalue weighted by Gasteiger charge is -2.36. The van der Waals surface area contributed by atoms with Crippen LogP contribution in [0.2, 0.25) is 0 Å². The Bertz CT molecular complexity index is 473. The molecule has 0 unspecified atom stereocenters. The molecule has 0 aromatic heterocycles. The minimum absolute atomic E-state index is 0.154. The summed E-state index contributed by atoms with van der Waals surface area (Å²) in [5.74, 6) is 0. The van der Waals surface area contributed by atoms with Crippen molar-refractivity contribution in [2.75, 3.05) is 19.4 Å². The minimum atomic E-state index is -3.43. The quantitative estimate of drug-likeness (QED) is 0.734. The van der Waals surface area contributed by atoms with Crippen molar-refractivity contribution in [3.63, 3.8) is 0 Å². The third-order valence-electron chi connectivity index (χ3n) is 3.49. The summed E-state index contributed by atoms with van der Waals surface area (Å²) in [6.45, 7) is 6.15. The van der Waals surface area contributed by atoms with E-state index in [1.54, 1.807) is 4.90 Å². The number of carbonyl (C=O) groups excluding carboxylic acids is 1. The summed E-state index contributed by atoms with van der Waals surface area (Å²) in [6.07, 6.45) is 2.31. The molecule has 0 atom stereocenters. The van der Waals surface area contributed by atoms with Gasteiger partial charge in [0.05, 0.1) is 12.9 Å².